The average molecular weight is 326 g/mol. The van der Waals surface area contributed by atoms with E-state index in [1.165, 1.54) is 0 Å². The van der Waals surface area contributed by atoms with E-state index in [0.29, 0.717) is 11.0 Å². The molecule has 0 rings (SSSR count). The Balaban J connectivity index is 4.45. The summed E-state index contributed by atoms with van der Waals surface area (Å²) in [4.78, 5) is 23.5. The first-order valence-corrected chi connectivity index (χ1v) is 8.24. The SMILES string of the molecule is CCC=CCC(=O)OCC(C[N+](C)(C)C)OC(=O)CC=CCC. The molecule has 1 unspecified atom stereocenters. The summed E-state index contributed by atoms with van der Waals surface area (Å²) in [6.07, 6.45) is 9.27. The van der Waals surface area contributed by atoms with Gasteiger partial charge in [0.25, 0.3) is 0 Å². The Morgan fingerprint density at radius 2 is 1.43 bits per heavy atom. The molecule has 0 saturated heterocycles. The second-order valence-corrected chi connectivity index (χ2v) is 6.44. The summed E-state index contributed by atoms with van der Waals surface area (Å²) in [7, 11) is 6.01. The fraction of sp³-hybridized carbons (Fsp3) is 0.667. The smallest absolute Gasteiger partial charge is 0.310 e. The van der Waals surface area contributed by atoms with Gasteiger partial charge in [0.15, 0.2) is 6.10 Å². The van der Waals surface area contributed by atoms with Crippen LogP contribution < -0.4 is 0 Å². The molecule has 0 aliphatic carbocycles. The van der Waals surface area contributed by atoms with Crippen molar-refractivity contribution < 1.29 is 23.5 Å². The highest BCUT2D eigenvalue weighted by molar-refractivity contribution is 5.72. The zero-order valence-electron chi connectivity index (χ0n) is 15.2. The first kappa shape index (κ1) is 21.4. The van der Waals surface area contributed by atoms with Crippen molar-refractivity contribution in [2.24, 2.45) is 0 Å². The van der Waals surface area contributed by atoms with E-state index in [2.05, 4.69) is 0 Å². The van der Waals surface area contributed by atoms with Crippen molar-refractivity contribution in [1.82, 2.24) is 0 Å². The summed E-state index contributed by atoms with van der Waals surface area (Å²) >= 11 is 0. The molecule has 5 nitrogen and oxygen atoms in total. The first-order chi connectivity index (χ1) is 10.8. The fourth-order valence-electron chi connectivity index (χ4n) is 1.91. The number of hydrogen-bond donors (Lipinski definition) is 0. The molecule has 1 atom stereocenters. The van der Waals surface area contributed by atoms with Crippen molar-refractivity contribution in [3.8, 4) is 0 Å². The quantitative estimate of drug-likeness (QED) is 0.333. The van der Waals surface area contributed by atoms with Gasteiger partial charge in [-0.05, 0) is 12.8 Å². The molecule has 0 amide bonds. The van der Waals surface area contributed by atoms with E-state index >= 15 is 0 Å². The van der Waals surface area contributed by atoms with Crippen molar-refractivity contribution in [3.63, 3.8) is 0 Å². The van der Waals surface area contributed by atoms with E-state index in [0.717, 1.165) is 12.8 Å². The minimum absolute atomic E-state index is 0.0948. The normalized spacial score (nSPS) is 13.4. The maximum Gasteiger partial charge on any atom is 0.310 e. The zero-order valence-corrected chi connectivity index (χ0v) is 15.2. The maximum absolute atomic E-state index is 11.8. The Labute approximate surface area is 140 Å². The van der Waals surface area contributed by atoms with E-state index in [-0.39, 0.29) is 31.4 Å². The van der Waals surface area contributed by atoms with Gasteiger partial charge >= 0.3 is 11.9 Å². The standard InChI is InChI=1S/C18H32NO4/c1-6-8-10-12-17(20)22-15-16(14-19(3,4)5)23-18(21)13-11-9-7-2/h8-11,16H,6-7,12-15H2,1-5H3/q+1. The Bertz CT molecular complexity index is 408. The molecule has 0 saturated carbocycles. The van der Waals surface area contributed by atoms with Gasteiger partial charge in [-0.3, -0.25) is 9.59 Å². The fourth-order valence-corrected chi connectivity index (χ4v) is 1.91. The maximum atomic E-state index is 11.8. The highest BCUT2D eigenvalue weighted by Gasteiger charge is 2.23. The number of esters is 2. The summed E-state index contributed by atoms with van der Waals surface area (Å²) < 4.78 is 11.3. The average Bonchev–Trinajstić information content (AvgIpc) is 2.44. The van der Waals surface area contributed by atoms with Crippen LogP contribution in [0.15, 0.2) is 24.3 Å². The molecule has 0 aliphatic heterocycles. The summed E-state index contributed by atoms with van der Waals surface area (Å²) in [6.45, 7) is 4.69. The van der Waals surface area contributed by atoms with Crippen LogP contribution in [0.5, 0.6) is 0 Å². The van der Waals surface area contributed by atoms with E-state index < -0.39 is 6.10 Å². The minimum atomic E-state index is -0.434. The number of nitrogens with zero attached hydrogens (tertiary/aromatic N) is 1. The van der Waals surface area contributed by atoms with Crippen LogP contribution in [-0.2, 0) is 19.1 Å². The molecule has 0 aromatic rings. The number of carbonyl (C=O) groups is 2. The van der Waals surface area contributed by atoms with Gasteiger partial charge in [0.05, 0.1) is 34.0 Å². The number of likely N-dealkylation sites (N-methyl/N-ethyl adjacent to an activating group) is 1. The van der Waals surface area contributed by atoms with E-state index in [9.17, 15) is 9.59 Å². The topological polar surface area (TPSA) is 52.6 Å². The molecule has 0 N–H and O–H groups in total. The molecule has 5 heteroatoms. The Morgan fingerprint density at radius 3 is 1.91 bits per heavy atom. The van der Waals surface area contributed by atoms with Gasteiger partial charge in [-0.15, -0.1) is 0 Å². The van der Waals surface area contributed by atoms with Crippen molar-refractivity contribution in [2.75, 3.05) is 34.3 Å². The molecule has 0 fully saturated rings. The molecular weight excluding hydrogens is 294 g/mol. The van der Waals surface area contributed by atoms with Crippen LogP contribution in [0.4, 0.5) is 0 Å². The van der Waals surface area contributed by atoms with Gasteiger partial charge in [0.2, 0.25) is 0 Å². The third-order valence-electron chi connectivity index (χ3n) is 2.85. The molecule has 0 aromatic carbocycles. The third kappa shape index (κ3) is 13.7. The second-order valence-electron chi connectivity index (χ2n) is 6.44. The Hall–Kier alpha value is -1.62. The Kier molecular flexibility index (Phi) is 11.0. The van der Waals surface area contributed by atoms with Crippen LogP contribution in [0.25, 0.3) is 0 Å². The van der Waals surface area contributed by atoms with E-state index in [1.54, 1.807) is 12.2 Å². The lowest BCUT2D eigenvalue weighted by atomic mass is 10.3. The molecule has 0 spiro atoms. The highest BCUT2D eigenvalue weighted by atomic mass is 16.6. The number of quaternary nitrogens is 1. The summed E-state index contributed by atoms with van der Waals surface area (Å²) in [5.41, 5.74) is 0. The van der Waals surface area contributed by atoms with Crippen LogP contribution in [-0.4, -0.2) is 56.8 Å². The van der Waals surface area contributed by atoms with Gasteiger partial charge in [0, 0.05) is 0 Å². The molecule has 0 aliphatic rings. The molecule has 0 bridgehead atoms. The van der Waals surface area contributed by atoms with Crippen molar-refractivity contribution in [2.45, 2.75) is 45.6 Å². The molecule has 0 heterocycles. The summed E-state index contributed by atoms with van der Waals surface area (Å²) in [5.74, 6) is -0.599. The third-order valence-corrected chi connectivity index (χ3v) is 2.85. The number of allylic oxidation sites excluding steroid dienone is 2. The second kappa shape index (κ2) is 11.9. The molecule has 132 valence electrons. The molecular formula is C18H32NO4+. The lowest BCUT2D eigenvalue weighted by Crippen LogP contribution is -2.45. The predicted molar refractivity (Wildman–Crippen MR) is 91.8 cm³/mol. The van der Waals surface area contributed by atoms with Crippen molar-refractivity contribution >= 4 is 11.9 Å². The van der Waals surface area contributed by atoms with E-state index in [4.69, 9.17) is 9.47 Å². The summed E-state index contributed by atoms with van der Waals surface area (Å²) in [6, 6.07) is 0. The monoisotopic (exact) mass is 326 g/mol. The number of carbonyl (C=O) groups excluding carboxylic acids is 2. The van der Waals surface area contributed by atoms with Crippen molar-refractivity contribution in [3.05, 3.63) is 24.3 Å². The largest absolute Gasteiger partial charge is 0.461 e. The van der Waals surface area contributed by atoms with Gasteiger partial charge in [-0.1, -0.05) is 38.2 Å². The van der Waals surface area contributed by atoms with Gasteiger partial charge in [-0.2, -0.15) is 0 Å². The van der Waals surface area contributed by atoms with Crippen LogP contribution >= 0.6 is 0 Å². The molecule has 0 aromatic heterocycles. The number of hydrogen-bond acceptors (Lipinski definition) is 4. The molecule has 0 radical (unpaired) electrons. The Morgan fingerprint density at radius 1 is 0.913 bits per heavy atom. The first-order valence-electron chi connectivity index (χ1n) is 8.24. The highest BCUT2D eigenvalue weighted by Crippen LogP contribution is 2.05. The van der Waals surface area contributed by atoms with Gasteiger partial charge < -0.3 is 14.0 Å². The number of ether oxygens (including phenoxy) is 2. The number of rotatable bonds is 11. The molecule has 23 heavy (non-hydrogen) atoms. The van der Waals surface area contributed by atoms with Crippen LogP contribution in [0.1, 0.15) is 39.5 Å². The lowest BCUT2D eigenvalue weighted by molar-refractivity contribution is -0.873. The van der Waals surface area contributed by atoms with Crippen LogP contribution in [0, 0.1) is 0 Å². The zero-order chi connectivity index (χ0) is 17.7. The van der Waals surface area contributed by atoms with Gasteiger partial charge in [-0.25, -0.2) is 0 Å². The van der Waals surface area contributed by atoms with E-state index in [1.807, 2.05) is 47.1 Å². The summed E-state index contributed by atoms with van der Waals surface area (Å²) in [5, 5.41) is 0. The minimum Gasteiger partial charge on any atom is -0.461 e. The van der Waals surface area contributed by atoms with Crippen LogP contribution in [0.3, 0.4) is 0 Å². The van der Waals surface area contributed by atoms with Gasteiger partial charge in [0.1, 0.15) is 13.2 Å². The van der Waals surface area contributed by atoms with Crippen molar-refractivity contribution in [1.29, 1.82) is 0 Å². The van der Waals surface area contributed by atoms with Crippen LogP contribution in [0.2, 0.25) is 0 Å². The predicted octanol–water partition coefficient (Wildman–Crippen LogP) is 2.86. The lowest BCUT2D eigenvalue weighted by Gasteiger charge is -2.28.